The molecule has 1 fully saturated rings. The minimum absolute atomic E-state index is 0.0162. The van der Waals surface area contributed by atoms with Crippen LogP contribution in [-0.2, 0) is 4.79 Å². The van der Waals surface area contributed by atoms with E-state index in [1.54, 1.807) is 0 Å². The van der Waals surface area contributed by atoms with Crippen molar-refractivity contribution in [3.8, 4) is 0 Å². The van der Waals surface area contributed by atoms with Crippen LogP contribution in [0.1, 0.15) is 6.42 Å². The van der Waals surface area contributed by atoms with Crippen molar-refractivity contribution >= 4 is 18.0 Å². The monoisotopic (exact) mass is 260 g/mol. The predicted molar refractivity (Wildman–Crippen MR) is 59.7 cm³/mol. The second-order valence-corrected chi connectivity index (χ2v) is 3.92. The fourth-order valence-electron chi connectivity index (χ4n) is 1.73. The van der Waals surface area contributed by atoms with E-state index in [9.17, 15) is 19.5 Å². The van der Waals surface area contributed by atoms with Crippen LogP contribution < -0.4 is 16.4 Å². The SMILES string of the molecule is NC(=O)NCCNC(=O)N1C[C@H](O)C[C@@H]1C(=O)O. The Kier molecular flexibility index (Phi) is 4.72. The van der Waals surface area contributed by atoms with E-state index >= 15 is 0 Å². The lowest BCUT2D eigenvalue weighted by Crippen LogP contribution is -2.48. The number of carbonyl (C=O) groups excluding carboxylic acids is 2. The van der Waals surface area contributed by atoms with Gasteiger partial charge in [-0.3, -0.25) is 0 Å². The van der Waals surface area contributed by atoms with Gasteiger partial charge in [-0.25, -0.2) is 14.4 Å². The fraction of sp³-hybridized carbons (Fsp3) is 0.667. The molecule has 0 aromatic carbocycles. The number of primary amides is 1. The molecule has 0 aromatic rings. The van der Waals surface area contributed by atoms with E-state index in [0.29, 0.717) is 0 Å². The molecule has 6 N–H and O–H groups in total. The largest absolute Gasteiger partial charge is 0.480 e. The summed E-state index contributed by atoms with van der Waals surface area (Å²) in [6, 6.07) is -2.32. The highest BCUT2D eigenvalue weighted by Gasteiger charge is 2.38. The van der Waals surface area contributed by atoms with Crippen molar-refractivity contribution in [2.75, 3.05) is 19.6 Å². The Labute approximate surface area is 103 Å². The Morgan fingerprint density at radius 3 is 2.44 bits per heavy atom. The summed E-state index contributed by atoms with van der Waals surface area (Å²) in [6.45, 7) is 0.252. The van der Waals surface area contributed by atoms with Crippen LogP contribution in [0.25, 0.3) is 0 Å². The summed E-state index contributed by atoms with van der Waals surface area (Å²) in [5.74, 6) is -1.16. The molecule has 0 saturated carbocycles. The molecule has 18 heavy (non-hydrogen) atoms. The van der Waals surface area contributed by atoms with Gasteiger partial charge in [0.2, 0.25) is 0 Å². The summed E-state index contributed by atoms with van der Waals surface area (Å²) in [4.78, 5) is 33.9. The molecule has 9 heteroatoms. The van der Waals surface area contributed by atoms with Crippen molar-refractivity contribution in [2.45, 2.75) is 18.6 Å². The number of aliphatic carboxylic acids is 1. The highest BCUT2D eigenvalue weighted by Crippen LogP contribution is 2.17. The lowest BCUT2D eigenvalue weighted by Gasteiger charge is -2.21. The molecule has 1 saturated heterocycles. The van der Waals surface area contributed by atoms with Crippen LogP contribution in [0.5, 0.6) is 0 Å². The van der Waals surface area contributed by atoms with Crippen molar-refractivity contribution in [3.63, 3.8) is 0 Å². The van der Waals surface area contributed by atoms with Gasteiger partial charge in [0.15, 0.2) is 0 Å². The second kappa shape index (κ2) is 6.05. The molecule has 1 heterocycles. The number of β-amino-alcohol motifs (C(OH)–C–C–N with tert-alkyl or cyclic N) is 1. The lowest BCUT2D eigenvalue weighted by atomic mass is 10.2. The molecule has 0 bridgehead atoms. The van der Waals surface area contributed by atoms with Gasteiger partial charge in [0.25, 0.3) is 0 Å². The first-order chi connectivity index (χ1) is 8.41. The third kappa shape index (κ3) is 3.77. The van der Waals surface area contributed by atoms with Crippen LogP contribution >= 0.6 is 0 Å². The summed E-state index contributed by atoms with van der Waals surface area (Å²) in [7, 11) is 0. The number of carbonyl (C=O) groups is 3. The Balaban J connectivity index is 2.40. The number of hydrogen-bond donors (Lipinski definition) is 5. The van der Waals surface area contributed by atoms with E-state index in [1.165, 1.54) is 0 Å². The zero-order valence-corrected chi connectivity index (χ0v) is 9.63. The molecule has 0 aliphatic carbocycles. The molecule has 2 atom stereocenters. The molecule has 0 aromatic heterocycles. The molecular weight excluding hydrogens is 244 g/mol. The standard InChI is InChI=1S/C9H16N4O5/c10-8(17)11-1-2-12-9(18)13-4-5(14)3-6(13)7(15)16/h5-6,14H,1-4H2,(H,12,18)(H,15,16)(H3,10,11,17)/t5-,6-/m1/s1. The number of urea groups is 2. The Bertz CT molecular complexity index is 348. The molecule has 0 unspecified atom stereocenters. The predicted octanol–water partition coefficient (Wildman–Crippen LogP) is -2.12. The van der Waals surface area contributed by atoms with Crippen LogP contribution in [0.4, 0.5) is 9.59 Å². The zero-order valence-electron chi connectivity index (χ0n) is 9.63. The molecule has 1 rings (SSSR count). The minimum Gasteiger partial charge on any atom is -0.480 e. The molecule has 0 radical (unpaired) electrons. The van der Waals surface area contributed by atoms with Crippen LogP contribution in [0.2, 0.25) is 0 Å². The van der Waals surface area contributed by atoms with Gasteiger partial charge in [0.05, 0.1) is 6.10 Å². The number of nitrogens with zero attached hydrogens (tertiary/aromatic N) is 1. The summed E-state index contributed by atoms with van der Waals surface area (Å²) in [5.41, 5.74) is 4.83. The first-order valence-corrected chi connectivity index (χ1v) is 5.40. The molecule has 1 aliphatic rings. The number of nitrogens with one attached hydrogen (secondary N) is 2. The number of carboxylic acids is 1. The Hall–Kier alpha value is -2.03. The summed E-state index contributed by atoms with van der Waals surface area (Å²) < 4.78 is 0. The molecular formula is C9H16N4O5. The minimum atomic E-state index is -1.16. The van der Waals surface area contributed by atoms with Gasteiger partial charge in [-0.05, 0) is 0 Å². The summed E-state index contributed by atoms with van der Waals surface area (Å²) in [5, 5.41) is 22.9. The van der Waals surface area contributed by atoms with Gasteiger partial charge in [-0.1, -0.05) is 0 Å². The van der Waals surface area contributed by atoms with Gasteiger partial charge < -0.3 is 31.5 Å². The topological polar surface area (TPSA) is 145 Å². The zero-order chi connectivity index (χ0) is 13.7. The first kappa shape index (κ1) is 14.0. The maximum atomic E-state index is 11.6. The van der Waals surface area contributed by atoms with Crippen LogP contribution in [0.3, 0.4) is 0 Å². The van der Waals surface area contributed by atoms with Gasteiger partial charge in [0.1, 0.15) is 6.04 Å². The lowest BCUT2D eigenvalue weighted by molar-refractivity contribution is -0.141. The maximum absolute atomic E-state index is 11.6. The Morgan fingerprint density at radius 2 is 1.89 bits per heavy atom. The first-order valence-electron chi connectivity index (χ1n) is 5.40. The van der Waals surface area contributed by atoms with Crippen LogP contribution in [-0.4, -0.2) is 64.9 Å². The number of aliphatic hydroxyl groups excluding tert-OH is 1. The Morgan fingerprint density at radius 1 is 1.28 bits per heavy atom. The molecule has 4 amide bonds. The number of carboxylic acid groups (broad SMARTS) is 1. The third-order valence-corrected chi connectivity index (χ3v) is 2.53. The molecule has 102 valence electrons. The van der Waals surface area contributed by atoms with E-state index in [2.05, 4.69) is 10.6 Å². The quantitative estimate of drug-likeness (QED) is 0.367. The van der Waals surface area contributed by atoms with Crippen molar-refractivity contribution in [3.05, 3.63) is 0 Å². The number of likely N-dealkylation sites (tertiary alicyclic amines) is 1. The molecule has 9 nitrogen and oxygen atoms in total. The smallest absolute Gasteiger partial charge is 0.326 e. The average Bonchev–Trinajstić information content (AvgIpc) is 2.66. The highest BCUT2D eigenvalue weighted by atomic mass is 16.4. The third-order valence-electron chi connectivity index (χ3n) is 2.53. The number of aliphatic hydroxyl groups is 1. The number of rotatable bonds is 4. The summed E-state index contributed by atoms with van der Waals surface area (Å²) in [6.07, 6.45) is -0.817. The van der Waals surface area contributed by atoms with Crippen molar-refractivity contribution in [1.82, 2.24) is 15.5 Å². The summed E-state index contributed by atoms with van der Waals surface area (Å²) >= 11 is 0. The normalized spacial score (nSPS) is 22.6. The van der Waals surface area contributed by atoms with Crippen molar-refractivity contribution < 1.29 is 24.6 Å². The molecule has 0 spiro atoms. The van der Waals surface area contributed by atoms with E-state index in [0.717, 1.165) is 4.90 Å². The van der Waals surface area contributed by atoms with Crippen LogP contribution in [0, 0.1) is 0 Å². The van der Waals surface area contributed by atoms with Gasteiger partial charge in [0, 0.05) is 26.1 Å². The van der Waals surface area contributed by atoms with Gasteiger partial charge >= 0.3 is 18.0 Å². The van der Waals surface area contributed by atoms with E-state index in [1.807, 2.05) is 0 Å². The van der Waals surface area contributed by atoms with E-state index in [4.69, 9.17) is 10.8 Å². The number of hydrogen-bond acceptors (Lipinski definition) is 4. The van der Waals surface area contributed by atoms with Gasteiger partial charge in [-0.15, -0.1) is 0 Å². The van der Waals surface area contributed by atoms with E-state index in [-0.39, 0.29) is 26.1 Å². The maximum Gasteiger partial charge on any atom is 0.326 e. The van der Waals surface area contributed by atoms with Crippen molar-refractivity contribution in [2.24, 2.45) is 5.73 Å². The number of nitrogens with two attached hydrogens (primary N) is 1. The molecule has 1 aliphatic heterocycles. The second-order valence-electron chi connectivity index (χ2n) is 3.92. The highest BCUT2D eigenvalue weighted by molar-refractivity contribution is 5.83. The van der Waals surface area contributed by atoms with Crippen molar-refractivity contribution in [1.29, 1.82) is 0 Å². The van der Waals surface area contributed by atoms with E-state index < -0.39 is 30.2 Å². The van der Waals surface area contributed by atoms with Gasteiger partial charge in [-0.2, -0.15) is 0 Å². The fourth-order valence-corrected chi connectivity index (χ4v) is 1.73. The number of amides is 4. The van der Waals surface area contributed by atoms with Crippen LogP contribution in [0.15, 0.2) is 0 Å². The average molecular weight is 260 g/mol.